The number of aromatic nitrogens is 1. The summed E-state index contributed by atoms with van der Waals surface area (Å²) in [5.74, 6) is -0.132. The van der Waals surface area contributed by atoms with E-state index < -0.39 is 0 Å². The molecule has 0 spiro atoms. The number of ether oxygens (including phenoxy) is 1. The number of benzene rings is 1. The zero-order valence-electron chi connectivity index (χ0n) is 15.4. The molecule has 3 rings (SSSR count). The van der Waals surface area contributed by atoms with Gasteiger partial charge in [0.05, 0.1) is 7.11 Å². The van der Waals surface area contributed by atoms with Crippen LogP contribution in [0.3, 0.4) is 0 Å². The van der Waals surface area contributed by atoms with E-state index in [9.17, 15) is 4.79 Å². The molecule has 1 aliphatic rings. The fraction of sp³-hybridized carbons (Fsp3) is 0.429. The van der Waals surface area contributed by atoms with Crippen molar-refractivity contribution < 1.29 is 9.53 Å². The molecule has 26 heavy (non-hydrogen) atoms. The molecule has 0 atom stereocenters. The zero-order valence-corrected chi connectivity index (χ0v) is 15.4. The number of piperazine rings is 1. The molecule has 5 nitrogen and oxygen atoms in total. The Balaban J connectivity index is 1.43. The smallest absolute Gasteiger partial charge is 0.305 e. The number of aryl methyl sites for hydroxylation is 1. The summed E-state index contributed by atoms with van der Waals surface area (Å²) in [5, 5.41) is 0. The highest BCUT2D eigenvalue weighted by Gasteiger charge is 2.17. The van der Waals surface area contributed by atoms with Crippen molar-refractivity contribution >= 4 is 11.7 Å². The molecule has 1 saturated heterocycles. The number of carbonyl (C=O) groups is 1. The Morgan fingerprint density at radius 1 is 1.00 bits per heavy atom. The number of hydrogen-bond acceptors (Lipinski definition) is 5. The van der Waals surface area contributed by atoms with Crippen molar-refractivity contribution in [3.63, 3.8) is 0 Å². The predicted octanol–water partition coefficient (Wildman–Crippen LogP) is 2.90. The first-order valence-electron chi connectivity index (χ1n) is 9.26. The van der Waals surface area contributed by atoms with Gasteiger partial charge in [-0.05, 0) is 36.1 Å². The fourth-order valence-corrected chi connectivity index (χ4v) is 3.33. The molecule has 138 valence electrons. The Morgan fingerprint density at radius 2 is 1.65 bits per heavy atom. The van der Waals surface area contributed by atoms with Gasteiger partial charge in [0.1, 0.15) is 0 Å². The second kappa shape index (κ2) is 9.34. The van der Waals surface area contributed by atoms with Crippen LogP contribution in [-0.2, 0) is 22.5 Å². The third kappa shape index (κ3) is 5.30. The number of carbonyl (C=O) groups excluding carboxylic acids is 1. The van der Waals surface area contributed by atoms with Gasteiger partial charge < -0.3 is 9.64 Å². The molecule has 2 aromatic rings. The van der Waals surface area contributed by atoms with Gasteiger partial charge in [0.25, 0.3) is 0 Å². The van der Waals surface area contributed by atoms with E-state index in [2.05, 4.69) is 55.9 Å². The van der Waals surface area contributed by atoms with E-state index in [0.29, 0.717) is 6.42 Å². The van der Waals surface area contributed by atoms with Gasteiger partial charge in [-0.2, -0.15) is 0 Å². The van der Waals surface area contributed by atoms with Crippen molar-refractivity contribution in [2.24, 2.45) is 0 Å². The molecule has 5 heteroatoms. The number of pyridine rings is 1. The van der Waals surface area contributed by atoms with Gasteiger partial charge >= 0.3 is 5.97 Å². The third-order valence-electron chi connectivity index (χ3n) is 4.90. The van der Waals surface area contributed by atoms with Gasteiger partial charge in [-0.1, -0.05) is 24.3 Å². The van der Waals surface area contributed by atoms with Crippen LogP contribution in [0.2, 0.25) is 0 Å². The minimum Gasteiger partial charge on any atom is -0.469 e. The molecule has 0 aliphatic carbocycles. The van der Waals surface area contributed by atoms with Crippen molar-refractivity contribution in [1.29, 1.82) is 0 Å². The molecule has 0 unspecified atom stereocenters. The highest BCUT2D eigenvalue weighted by Crippen LogP contribution is 2.16. The van der Waals surface area contributed by atoms with Gasteiger partial charge in [-0.15, -0.1) is 0 Å². The topological polar surface area (TPSA) is 45.7 Å². The first kappa shape index (κ1) is 18.4. The molecular formula is C21H27N3O2. The summed E-state index contributed by atoms with van der Waals surface area (Å²) in [6.45, 7) is 5.24. The van der Waals surface area contributed by atoms with E-state index in [1.165, 1.54) is 23.9 Å². The normalized spacial score (nSPS) is 15.0. The number of anilines is 1. The predicted molar refractivity (Wildman–Crippen MR) is 103 cm³/mol. The summed E-state index contributed by atoms with van der Waals surface area (Å²) in [5.41, 5.74) is 3.88. The summed E-state index contributed by atoms with van der Waals surface area (Å²) in [6.07, 6.45) is 5.95. The van der Waals surface area contributed by atoms with Crippen molar-refractivity contribution in [3.05, 3.63) is 59.9 Å². The first-order chi connectivity index (χ1) is 12.7. The van der Waals surface area contributed by atoms with E-state index in [4.69, 9.17) is 0 Å². The van der Waals surface area contributed by atoms with Crippen molar-refractivity contribution in [2.75, 3.05) is 38.2 Å². The monoisotopic (exact) mass is 353 g/mol. The lowest BCUT2D eigenvalue weighted by atomic mass is 10.1. The lowest BCUT2D eigenvalue weighted by molar-refractivity contribution is -0.140. The van der Waals surface area contributed by atoms with Gasteiger partial charge in [-0.25, -0.2) is 0 Å². The molecule has 0 amide bonds. The van der Waals surface area contributed by atoms with Crippen LogP contribution in [0.5, 0.6) is 0 Å². The SMILES string of the molecule is COC(=O)CCCc1ccc(CN2CCN(c3ccncc3)CC2)cc1. The lowest BCUT2D eigenvalue weighted by Crippen LogP contribution is -2.45. The van der Waals surface area contributed by atoms with Crippen LogP contribution in [0.4, 0.5) is 5.69 Å². The van der Waals surface area contributed by atoms with Crippen LogP contribution < -0.4 is 4.90 Å². The Morgan fingerprint density at radius 3 is 2.31 bits per heavy atom. The Bertz CT molecular complexity index is 680. The molecule has 2 heterocycles. The molecule has 1 aliphatic heterocycles. The van der Waals surface area contributed by atoms with Crippen LogP contribution in [0.1, 0.15) is 24.0 Å². The summed E-state index contributed by atoms with van der Waals surface area (Å²) >= 11 is 0. The Hall–Kier alpha value is -2.40. The quantitative estimate of drug-likeness (QED) is 0.716. The maximum Gasteiger partial charge on any atom is 0.305 e. The lowest BCUT2D eigenvalue weighted by Gasteiger charge is -2.36. The van der Waals surface area contributed by atoms with Gasteiger partial charge in [0.2, 0.25) is 0 Å². The Kier molecular flexibility index (Phi) is 6.61. The van der Waals surface area contributed by atoms with Crippen LogP contribution >= 0.6 is 0 Å². The second-order valence-corrected chi connectivity index (χ2v) is 6.71. The maximum atomic E-state index is 11.2. The van der Waals surface area contributed by atoms with Crippen LogP contribution in [-0.4, -0.2) is 49.1 Å². The Labute approximate surface area is 155 Å². The first-order valence-corrected chi connectivity index (χ1v) is 9.26. The highest BCUT2D eigenvalue weighted by molar-refractivity contribution is 5.69. The number of esters is 1. The standard InChI is InChI=1S/C21H27N3O2/c1-26-21(25)4-2-3-18-5-7-19(8-6-18)17-23-13-15-24(16-14-23)20-9-11-22-12-10-20/h5-12H,2-4,13-17H2,1H3. The fourth-order valence-electron chi connectivity index (χ4n) is 3.33. The van der Waals surface area contributed by atoms with Gasteiger partial charge in [-0.3, -0.25) is 14.7 Å². The molecular weight excluding hydrogens is 326 g/mol. The zero-order chi connectivity index (χ0) is 18.2. The molecule has 1 fully saturated rings. The summed E-state index contributed by atoms with van der Waals surface area (Å²) < 4.78 is 4.68. The van der Waals surface area contributed by atoms with Crippen molar-refractivity contribution in [3.8, 4) is 0 Å². The van der Waals surface area contributed by atoms with Gasteiger partial charge in [0.15, 0.2) is 0 Å². The van der Waals surface area contributed by atoms with Crippen LogP contribution in [0.25, 0.3) is 0 Å². The van der Waals surface area contributed by atoms with E-state index in [-0.39, 0.29) is 5.97 Å². The number of hydrogen-bond donors (Lipinski definition) is 0. The molecule has 0 radical (unpaired) electrons. The van der Waals surface area contributed by atoms with Crippen molar-refractivity contribution in [1.82, 2.24) is 9.88 Å². The van der Waals surface area contributed by atoms with E-state index in [1.807, 2.05) is 12.4 Å². The number of rotatable bonds is 7. The van der Waals surface area contributed by atoms with E-state index in [1.54, 1.807) is 0 Å². The summed E-state index contributed by atoms with van der Waals surface area (Å²) in [4.78, 5) is 20.2. The molecule has 0 N–H and O–H groups in total. The van der Waals surface area contributed by atoms with Crippen LogP contribution in [0.15, 0.2) is 48.8 Å². The largest absolute Gasteiger partial charge is 0.469 e. The number of methoxy groups -OCH3 is 1. The number of nitrogens with zero attached hydrogens (tertiary/aromatic N) is 3. The molecule has 0 saturated carbocycles. The molecule has 0 bridgehead atoms. The average molecular weight is 353 g/mol. The average Bonchev–Trinajstić information content (AvgIpc) is 2.70. The molecule has 1 aromatic carbocycles. The van der Waals surface area contributed by atoms with Crippen LogP contribution in [0, 0.1) is 0 Å². The molecule has 1 aromatic heterocycles. The van der Waals surface area contributed by atoms with E-state index in [0.717, 1.165) is 45.6 Å². The highest BCUT2D eigenvalue weighted by atomic mass is 16.5. The minimum absolute atomic E-state index is 0.132. The summed E-state index contributed by atoms with van der Waals surface area (Å²) in [7, 11) is 1.44. The van der Waals surface area contributed by atoms with Crippen molar-refractivity contribution in [2.45, 2.75) is 25.8 Å². The van der Waals surface area contributed by atoms with Gasteiger partial charge in [0, 0.05) is 57.2 Å². The third-order valence-corrected chi connectivity index (χ3v) is 4.90. The van der Waals surface area contributed by atoms with E-state index >= 15 is 0 Å². The summed E-state index contributed by atoms with van der Waals surface area (Å²) in [6, 6.07) is 12.9. The minimum atomic E-state index is -0.132. The maximum absolute atomic E-state index is 11.2. The second-order valence-electron chi connectivity index (χ2n) is 6.71.